The fourth-order valence-corrected chi connectivity index (χ4v) is 2.02. The van der Waals surface area contributed by atoms with E-state index in [9.17, 15) is 4.79 Å². The molecule has 1 aromatic rings. The Labute approximate surface area is 122 Å². The van der Waals surface area contributed by atoms with Crippen molar-refractivity contribution in [1.82, 2.24) is 5.06 Å². The number of carbonyl (C=O) groups excluding carboxylic acids is 1. The Morgan fingerprint density at radius 2 is 1.50 bits per heavy atom. The summed E-state index contributed by atoms with van der Waals surface area (Å²) in [5.41, 5.74) is 0.614. The van der Waals surface area contributed by atoms with Crippen LogP contribution in [0.3, 0.4) is 0 Å². The Hall–Kier alpha value is -1.35. The number of carbonyl (C=O) groups is 1. The van der Waals surface area contributed by atoms with Crippen LogP contribution in [0.1, 0.15) is 62.7 Å². The second kappa shape index (κ2) is 10.4. The monoisotopic (exact) mass is 277 g/mol. The van der Waals surface area contributed by atoms with E-state index < -0.39 is 0 Å². The lowest BCUT2D eigenvalue weighted by Gasteiger charge is -2.21. The third kappa shape index (κ3) is 6.71. The van der Waals surface area contributed by atoms with Crippen LogP contribution >= 0.6 is 0 Å². The summed E-state index contributed by atoms with van der Waals surface area (Å²) in [5, 5.41) is 1.83. The lowest BCUT2D eigenvalue weighted by atomic mass is 10.2. The summed E-state index contributed by atoms with van der Waals surface area (Å²) in [6.07, 6.45) is 6.85. The van der Waals surface area contributed by atoms with Crippen LogP contribution in [0, 0.1) is 0 Å². The fraction of sp³-hybridized carbons (Fsp3) is 0.588. The molecule has 0 spiro atoms. The molecule has 0 saturated heterocycles. The Morgan fingerprint density at radius 1 is 0.950 bits per heavy atom. The molecule has 0 fully saturated rings. The first-order chi connectivity index (χ1) is 9.77. The van der Waals surface area contributed by atoms with Crippen molar-refractivity contribution >= 4 is 5.97 Å². The molecule has 0 aliphatic heterocycles. The molecular formula is C17H27NO2. The van der Waals surface area contributed by atoms with Crippen molar-refractivity contribution in [3.63, 3.8) is 0 Å². The van der Waals surface area contributed by atoms with Crippen LogP contribution in [0.2, 0.25) is 0 Å². The highest BCUT2D eigenvalue weighted by Gasteiger charge is 2.13. The molecule has 0 radical (unpaired) electrons. The third-order valence-corrected chi connectivity index (χ3v) is 3.24. The van der Waals surface area contributed by atoms with Gasteiger partial charge in [0.15, 0.2) is 0 Å². The van der Waals surface area contributed by atoms with E-state index in [1.54, 1.807) is 12.1 Å². The summed E-state index contributed by atoms with van der Waals surface area (Å²) >= 11 is 0. The Balaban J connectivity index is 2.47. The number of benzene rings is 1. The minimum absolute atomic E-state index is 0.251. The Bertz CT molecular complexity index is 355. The van der Waals surface area contributed by atoms with Gasteiger partial charge in [0.05, 0.1) is 5.56 Å². The highest BCUT2D eigenvalue weighted by molar-refractivity contribution is 5.89. The number of nitrogens with zero attached hydrogens (tertiary/aromatic N) is 1. The minimum Gasteiger partial charge on any atom is -0.364 e. The van der Waals surface area contributed by atoms with Crippen molar-refractivity contribution in [2.45, 2.75) is 52.4 Å². The van der Waals surface area contributed by atoms with Gasteiger partial charge in [-0.05, 0) is 25.0 Å². The van der Waals surface area contributed by atoms with Gasteiger partial charge in [0, 0.05) is 13.1 Å². The Morgan fingerprint density at radius 3 is 2.00 bits per heavy atom. The average molecular weight is 277 g/mol. The highest BCUT2D eigenvalue weighted by atomic mass is 16.7. The minimum atomic E-state index is -0.251. The summed E-state index contributed by atoms with van der Waals surface area (Å²) in [7, 11) is 0. The van der Waals surface area contributed by atoms with Crippen molar-refractivity contribution in [3.05, 3.63) is 35.9 Å². The Kier molecular flexibility index (Phi) is 8.72. The molecule has 0 amide bonds. The molecular weight excluding hydrogens is 250 g/mol. The second-order valence-electron chi connectivity index (χ2n) is 5.09. The second-order valence-corrected chi connectivity index (χ2v) is 5.09. The predicted octanol–water partition coefficient (Wildman–Crippen LogP) is 4.44. The molecule has 0 N–H and O–H groups in total. The topological polar surface area (TPSA) is 29.5 Å². The van der Waals surface area contributed by atoms with E-state index in [2.05, 4.69) is 13.8 Å². The van der Waals surface area contributed by atoms with Gasteiger partial charge in [0.1, 0.15) is 0 Å². The zero-order valence-corrected chi connectivity index (χ0v) is 12.8. The fourth-order valence-electron chi connectivity index (χ4n) is 2.02. The molecule has 0 aliphatic carbocycles. The lowest BCUT2D eigenvalue weighted by molar-refractivity contribution is -0.111. The molecule has 0 unspecified atom stereocenters. The summed E-state index contributed by atoms with van der Waals surface area (Å²) in [6, 6.07) is 9.19. The van der Waals surface area contributed by atoms with Crippen molar-refractivity contribution < 1.29 is 9.63 Å². The zero-order valence-electron chi connectivity index (χ0n) is 12.8. The number of unbranched alkanes of at least 4 members (excludes halogenated alkanes) is 4. The standard InChI is InChI=1S/C17H27NO2/c1-3-5-10-14-18(15-11-6-4-2)20-17(19)16-12-8-7-9-13-16/h7-9,12-13H,3-6,10-11,14-15H2,1-2H3. The number of hydrogen-bond donors (Lipinski definition) is 0. The van der Waals surface area contributed by atoms with E-state index in [1.807, 2.05) is 23.3 Å². The molecule has 20 heavy (non-hydrogen) atoms. The molecule has 0 atom stereocenters. The van der Waals surface area contributed by atoms with Crippen LogP contribution < -0.4 is 0 Å². The third-order valence-electron chi connectivity index (χ3n) is 3.24. The normalized spacial score (nSPS) is 10.8. The summed E-state index contributed by atoms with van der Waals surface area (Å²) < 4.78 is 0. The first-order valence-corrected chi connectivity index (χ1v) is 7.80. The number of rotatable bonds is 10. The van der Waals surface area contributed by atoms with Crippen LogP contribution in [0.5, 0.6) is 0 Å². The van der Waals surface area contributed by atoms with E-state index in [4.69, 9.17) is 4.84 Å². The summed E-state index contributed by atoms with van der Waals surface area (Å²) in [5.74, 6) is -0.251. The lowest BCUT2D eigenvalue weighted by Crippen LogP contribution is -2.29. The van der Waals surface area contributed by atoms with Crippen LogP contribution in [0.25, 0.3) is 0 Å². The number of hydroxylamine groups is 2. The van der Waals surface area contributed by atoms with E-state index in [-0.39, 0.29) is 5.97 Å². The average Bonchev–Trinajstić information content (AvgIpc) is 2.48. The molecule has 0 bridgehead atoms. The van der Waals surface area contributed by atoms with Gasteiger partial charge in [-0.3, -0.25) is 0 Å². The van der Waals surface area contributed by atoms with Crippen molar-refractivity contribution in [2.75, 3.05) is 13.1 Å². The van der Waals surface area contributed by atoms with Gasteiger partial charge in [-0.2, -0.15) is 0 Å². The van der Waals surface area contributed by atoms with Crippen molar-refractivity contribution in [2.24, 2.45) is 0 Å². The molecule has 0 aliphatic rings. The van der Waals surface area contributed by atoms with Crippen molar-refractivity contribution in [3.8, 4) is 0 Å². The first kappa shape index (κ1) is 16.7. The number of hydrogen-bond acceptors (Lipinski definition) is 3. The van der Waals surface area contributed by atoms with Crippen LogP contribution in [-0.2, 0) is 4.84 Å². The van der Waals surface area contributed by atoms with E-state index in [1.165, 1.54) is 25.7 Å². The molecule has 1 aromatic carbocycles. The van der Waals surface area contributed by atoms with E-state index in [0.29, 0.717) is 5.56 Å². The molecule has 0 saturated carbocycles. The smallest absolute Gasteiger partial charge is 0.357 e. The van der Waals surface area contributed by atoms with Crippen LogP contribution in [-0.4, -0.2) is 24.1 Å². The highest BCUT2D eigenvalue weighted by Crippen LogP contribution is 2.07. The SMILES string of the molecule is CCCCCN(CCCCC)OC(=O)c1ccccc1. The van der Waals surface area contributed by atoms with Gasteiger partial charge >= 0.3 is 5.97 Å². The molecule has 3 heteroatoms. The largest absolute Gasteiger partial charge is 0.364 e. The maximum Gasteiger partial charge on any atom is 0.357 e. The van der Waals surface area contributed by atoms with Gasteiger partial charge in [-0.25, -0.2) is 4.79 Å². The van der Waals surface area contributed by atoms with E-state index in [0.717, 1.165) is 25.9 Å². The molecule has 112 valence electrons. The van der Waals surface area contributed by atoms with Crippen LogP contribution in [0.4, 0.5) is 0 Å². The van der Waals surface area contributed by atoms with Gasteiger partial charge in [0.2, 0.25) is 0 Å². The van der Waals surface area contributed by atoms with Crippen molar-refractivity contribution in [1.29, 1.82) is 0 Å². The molecule has 3 nitrogen and oxygen atoms in total. The molecule has 0 heterocycles. The van der Waals surface area contributed by atoms with Crippen LogP contribution in [0.15, 0.2) is 30.3 Å². The maximum atomic E-state index is 12.1. The molecule has 1 rings (SSSR count). The van der Waals surface area contributed by atoms with Gasteiger partial charge in [0.25, 0.3) is 0 Å². The quantitative estimate of drug-likeness (QED) is 0.468. The molecule has 0 aromatic heterocycles. The van der Waals surface area contributed by atoms with Gasteiger partial charge < -0.3 is 4.84 Å². The van der Waals surface area contributed by atoms with Gasteiger partial charge in [-0.15, -0.1) is 5.06 Å². The van der Waals surface area contributed by atoms with E-state index >= 15 is 0 Å². The summed E-state index contributed by atoms with van der Waals surface area (Å²) in [6.45, 7) is 6.01. The van der Waals surface area contributed by atoms with Gasteiger partial charge in [-0.1, -0.05) is 57.7 Å². The summed E-state index contributed by atoms with van der Waals surface area (Å²) in [4.78, 5) is 17.6. The maximum absolute atomic E-state index is 12.1. The zero-order chi connectivity index (χ0) is 14.6. The first-order valence-electron chi connectivity index (χ1n) is 7.80. The predicted molar refractivity (Wildman–Crippen MR) is 82.5 cm³/mol.